The van der Waals surface area contributed by atoms with Crippen molar-refractivity contribution in [3.63, 3.8) is 0 Å². The van der Waals surface area contributed by atoms with Gasteiger partial charge in [-0.1, -0.05) is 18.2 Å². The van der Waals surface area contributed by atoms with Gasteiger partial charge in [0.1, 0.15) is 0 Å². The number of hydrogen-bond donors (Lipinski definition) is 1. The SMILES string of the molecule is CN(C(=O)c1cc(F)c(F)c(F)c1)c1ccccc1CN. The summed E-state index contributed by atoms with van der Waals surface area (Å²) in [6, 6.07) is 8.22. The highest BCUT2D eigenvalue weighted by Gasteiger charge is 2.19. The van der Waals surface area contributed by atoms with E-state index in [1.54, 1.807) is 24.3 Å². The smallest absolute Gasteiger partial charge is 0.258 e. The lowest BCUT2D eigenvalue weighted by Crippen LogP contribution is -2.28. The fourth-order valence-electron chi connectivity index (χ4n) is 1.99. The van der Waals surface area contributed by atoms with Crippen LogP contribution in [0, 0.1) is 17.5 Å². The lowest BCUT2D eigenvalue weighted by atomic mass is 10.1. The molecule has 0 aliphatic carbocycles. The Morgan fingerprint density at radius 1 is 1.14 bits per heavy atom. The first kappa shape index (κ1) is 15.1. The zero-order valence-electron chi connectivity index (χ0n) is 11.2. The Bertz CT molecular complexity index is 665. The number of nitrogens with zero attached hydrogens (tertiary/aromatic N) is 1. The number of carbonyl (C=O) groups excluding carboxylic acids is 1. The third kappa shape index (κ3) is 2.90. The van der Waals surface area contributed by atoms with Gasteiger partial charge in [-0.3, -0.25) is 4.79 Å². The second-order valence-corrected chi connectivity index (χ2v) is 4.45. The van der Waals surface area contributed by atoms with Crippen LogP contribution in [0.15, 0.2) is 36.4 Å². The molecule has 0 fully saturated rings. The predicted molar refractivity (Wildman–Crippen MR) is 73.4 cm³/mol. The highest BCUT2D eigenvalue weighted by molar-refractivity contribution is 6.06. The van der Waals surface area contributed by atoms with Gasteiger partial charge < -0.3 is 10.6 Å². The zero-order chi connectivity index (χ0) is 15.6. The van der Waals surface area contributed by atoms with Crippen LogP contribution in [0.4, 0.5) is 18.9 Å². The Morgan fingerprint density at radius 2 is 1.71 bits per heavy atom. The normalized spacial score (nSPS) is 10.5. The van der Waals surface area contributed by atoms with E-state index in [0.29, 0.717) is 23.4 Å². The zero-order valence-corrected chi connectivity index (χ0v) is 11.2. The summed E-state index contributed by atoms with van der Waals surface area (Å²) < 4.78 is 39.3. The average molecular weight is 294 g/mol. The summed E-state index contributed by atoms with van der Waals surface area (Å²) in [5.41, 5.74) is 6.54. The quantitative estimate of drug-likeness (QED) is 0.885. The highest BCUT2D eigenvalue weighted by Crippen LogP contribution is 2.22. The average Bonchev–Trinajstić information content (AvgIpc) is 2.50. The number of halogens is 3. The molecule has 0 atom stereocenters. The molecule has 3 nitrogen and oxygen atoms in total. The van der Waals surface area contributed by atoms with Crippen LogP contribution < -0.4 is 10.6 Å². The molecule has 2 N–H and O–H groups in total. The van der Waals surface area contributed by atoms with Crippen LogP contribution in [0.1, 0.15) is 15.9 Å². The van der Waals surface area contributed by atoms with Gasteiger partial charge in [0.25, 0.3) is 5.91 Å². The molecule has 2 rings (SSSR count). The van der Waals surface area contributed by atoms with Crippen molar-refractivity contribution in [2.24, 2.45) is 5.73 Å². The van der Waals surface area contributed by atoms with Crippen molar-refractivity contribution in [1.29, 1.82) is 0 Å². The first-order valence-corrected chi connectivity index (χ1v) is 6.16. The molecular formula is C15H13F3N2O. The lowest BCUT2D eigenvalue weighted by molar-refractivity contribution is 0.0991. The predicted octanol–water partition coefficient (Wildman–Crippen LogP) is 2.84. The Balaban J connectivity index is 2.40. The number of amides is 1. The fourth-order valence-corrected chi connectivity index (χ4v) is 1.99. The number of benzene rings is 2. The molecule has 0 heterocycles. The fraction of sp³-hybridized carbons (Fsp3) is 0.133. The maximum Gasteiger partial charge on any atom is 0.258 e. The molecule has 0 bridgehead atoms. The van der Waals surface area contributed by atoms with E-state index in [4.69, 9.17) is 5.73 Å². The molecule has 2 aromatic rings. The van der Waals surface area contributed by atoms with Gasteiger partial charge in [-0.15, -0.1) is 0 Å². The lowest BCUT2D eigenvalue weighted by Gasteiger charge is -2.20. The number of hydrogen-bond acceptors (Lipinski definition) is 2. The van der Waals surface area contributed by atoms with E-state index in [0.717, 1.165) is 0 Å². The monoisotopic (exact) mass is 294 g/mol. The van der Waals surface area contributed by atoms with E-state index in [2.05, 4.69) is 0 Å². The van der Waals surface area contributed by atoms with Gasteiger partial charge in [0.15, 0.2) is 17.5 Å². The molecule has 0 saturated heterocycles. The van der Waals surface area contributed by atoms with E-state index >= 15 is 0 Å². The van der Waals surface area contributed by atoms with Crippen LogP contribution in [-0.4, -0.2) is 13.0 Å². The Kier molecular flexibility index (Phi) is 4.28. The minimum absolute atomic E-state index is 0.208. The van der Waals surface area contributed by atoms with Gasteiger partial charge in [-0.05, 0) is 23.8 Å². The summed E-state index contributed by atoms with van der Waals surface area (Å²) >= 11 is 0. The van der Waals surface area contributed by atoms with Crippen LogP contribution in [0.3, 0.4) is 0 Å². The standard InChI is InChI=1S/C15H13F3N2O/c1-20(13-5-3-2-4-9(13)8-19)15(21)10-6-11(16)14(18)12(17)7-10/h2-7H,8,19H2,1H3. The van der Waals surface area contributed by atoms with Crippen molar-refractivity contribution < 1.29 is 18.0 Å². The molecule has 0 radical (unpaired) electrons. The van der Waals surface area contributed by atoms with E-state index in [1.165, 1.54) is 11.9 Å². The largest absolute Gasteiger partial charge is 0.326 e. The van der Waals surface area contributed by atoms with Gasteiger partial charge in [-0.2, -0.15) is 0 Å². The minimum atomic E-state index is -1.60. The Hall–Kier alpha value is -2.34. The molecule has 0 aliphatic heterocycles. The van der Waals surface area contributed by atoms with Gasteiger partial charge in [0.05, 0.1) is 0 Å². The molecule has 0 aromatic heterocycles. The van der Waals surface area contributed by atoms with Crippen LogP contribution >= 0.6 is 0 Å². The van der Waals surface area contributed by atoms with Gasteiger partial charge in [0.2, 0.25) is 0 Å². The maximum atomic E-state index is 13.2. The van der Waals surface area contributed by atoms with Crippen LogP contribution in [0.2, 0.25) is 0 Å². The van der Waals surface area contributed by atoms with Crippen LogP contribution in [0.5, 0.6) is 0 Å². The van der Waals surface area contributed by atoms with Crippen molar-refractivity contribution in [2.75, 3.05) is 11.9 Å². The molecule has 0 spiro atoms. The molecule has 110 valence electrons. The van der Waals surface area contributed by atoms with Crippen molar-refractivity contribution in [3.05, 3.63) is 65.0 Å². The van der Waals surface area contributed by atoms with Gasteiger partial charge in [0, 0.05) is 24.8 Å². The summed E-state index contributed by atoms with van der Waals surface area (Å²) in [7, 11) is 1.45. The van der Waals surface area contributed by atoms with E-state index in [9.17, 15) is 18.0 Å². The summed E-state index contributed by atoms with van der Waals surface area (Å²) in [4.78, 5) is 13.5. The summed E-state index contributed by atoms with van der Waals surface area (Å²) in [5, 5.41) is 0. The first-order chi connectivity index (χ1) is 9.95. The molecule has 2 aromatic carbocycles. The third-order valence-electron chi connectivity index (χ3n) is 3.11. The Morgan fingerprint density at radius 3 is 2.29 bits per heavy atom. The molecule has 1 amide bonds. The van der Waals surface area contributed by atoms with Crippen LogP contribution in [0.25, 0.3) is 0 Å². The van der Waals surface area contributed by atoms with Crippen molar-refractivity contribution in [3.8, 4) is 0 Å². The number of carbonyl (C=O) groups is 1. The molecule has 21 heavy (non-hydrogen) atoms. The van der Waals surface area contributed by atoms with Gasteiger partial charge >= 0.3 is 0 Å². The molecule has 0 aliphatic rings. The third-order valence-corrected chi connectivity index (χ3v) is 3.11. The number of anilines is 1. The van der Waals surface area contributed by atoms with E-state index < -0.39 is 23.4 Å². The minimum Gasteiger partial charge on any atom is -0.326 e. The van der Waals surface area contributed by atoms with Gasteiger partial charge in [-0.25, -0.2) is 13.2 Å². The second-order valence-electron chi connectivity index (χ2n) is 4.45. The molecule has 0 unspecified atom stereocenters. The maximum absolute atomic E-state index is 13.2. The topological polar surface area (TPSA) is 46.3 Å². The van der Waals surface area contributed by atoms with Crippen molar-refractivity contribution in [2.45, 2.75) is 6.54 Å². The number of nitrogens with two attached hydrogens (primary N) is 1. The molecular weight excluding hydrogens is 281 g/mol. The second kappa shape index (κ2) is 5.97. The molecule has 0 saturated carbocycles. The highest BCUT2D eigenvalue weighted by atomic mass is 19.2. The van der Waals surface area contributed by atoms with Crippen molar-refractivity contribution in [1.82, 2.24) is 0 Å². The summed E-state index contributed by atoms with van der Waals surface area (Å²) in [6.07, 6.45) is 0. The first-order valence-electron chi connectivity index (χ1n) is 6.16. The number of para-hydroxylation sites is 1. The van der Waals surface area contributed by atoms with Crippen molar-refractivity contribution >= 4 is 11.6 Å². The van der Waals surface area contributed by atoms with Crippen LogP contribution in [-0.2, 0) is 6.54 Å². The summed E-state index contributed by atoms with van der Waals surface area (Å²) in [5.74, 6) is -5.07. The summed E-state index contributed by atoms with van der Waals surface area (Å²) in [6.45, 7) is 0.208. The van der Waals surface area contributed by atoms with E-state index in [1.807, 2.05) is 0 Å². The van der Waals surface area contributed by atoms with E-state index in [-0.39, 0.29) is 12.1 Å². The molecule has 6 heteroatoms. The Labute approximate surface area is 119 Å². The number of rotatable bonds is 3.